The maximum atomic E-state index is 11.9. The summed E-state index contributed by atoms with van der Waals surface area (Å²) in [6.45, 7) is 7.29. The monoisotopic (exact) mass is 349 g/mol. The molecule has 0 saturated carbocycles. The van der Waals surface area contributed by atoms with Crippen molar-refractivity contribution in [2.75, 3.05) is 43.1 Å². The van der Waals surface area contributed by atoms with Gasteiger partial charge in [0.2, 0.25) is 0 Å². The lowest BCUT2D eigenvalue weighted by molar-refractivity contribution is 0.0274. The van der Waals surface area contributed by atoms with Gasteiger partial charge in [-0.05, 0) is 49.4 Å². The first kappa shape index (κ1) is 19.5. The maximum absolute atomic E-state index is 11.9. The molecule has 1 aromatic rings. The van der Waals surface area contributed by atoms with Gasteiger partial charge < -0.3 is 25.4 Å². The highest BCUT2D eigenvalue weighted by Gasteiger charge is 2.11. The zero-order chi connectivity index (χ0) is 18.1. The number of nitrogens with zero attached hydrogens (tertiary/aromatic N) is 1. The van der Waals surface area contributed by atoms with Gasteiger partial charge in [-0.15, -0.1) is 0 Å². The van der Waals surface area contributed by atoms with Crippen LogP contribution < -0.4 is 15.5 Å². The molecule has 0 radical (unpaired) electrons. The second-order valence-electron chi connectivity index (χ2n) is 7.01. The molecule has 1 atom stereocenters. The number of hydrogen-bond donors (Lipinski definition) is 3. The first-order valence-corrected chi connectivity index (χ1v) is 9.20. The summed E-state index contributed by atoms with van der Waals surface area (Å²) >= 11 is 0. The molecule has 1 aromatic carbocycles. The summed E-state index contributed by atoms with van der Waals surface area (Å²) < 4.78 is 5.35. The number of aliphatic hydroxyl groups excluding tert-OH is 1. The largest absolute Gasteiger partial charge is 0.389 e. The van der Waals surface area contributed by atoms with Crippen molar-refractivity contribution in [2.45, 2.75) is 39.2 Å². The first-order valence-electron chi connectivity index (χ1n) is 9.20. The Morgan fingerprint density at radius 2 is 1.84 bits per heavy atom. The normalized spacial score (nSPS) is 15.9. The van der Waals surface area contributed by atoms with E-state index < -0.39 is 6.10 Å². The van der Waals surface area contributed by atoms with Gasteiger partial charge in [-0.1, -0.05) is 13.8 Å². The van der Waals surface area contributed by atoms with Crippen LogP contribution in [0.3, 0.4) is 0 Å². The van der Waals surface area contributed by atoms with Gasteiger partial charge in [0.25, 0.3) is 0 Å². The fourth-order valence-electron chi connectivity index (χ4n) is 2.79. The van der Waals surface area contributed by atoms with Gasteiger partial charge in [-0.25, -0.2) is 4.79 Å². The lowest BCUT2D eigenvalue weighted by atomic mass is 10.1. The van der Waals surface area contributed by atoms with Crippen molar-refractivity contribution in [3.05, 3.63) is 24.3 Å². The van der Waals surface area contributed by atoms with E-state index >= 15 is 0 Å². The number of carbonyl (C=O) groups is 1. The third-order valence-corrected chi connectivity index (χ3v) is 4.11. The number of anilines is 2. The number of piperidine rings is 1. The molecule has 0 spiro atoms. The van der Waals surface area contributed by atoms with Crippen LogP contribution in [0, 0.1) is 5.92 Å². The molecule has 1 aliphatic heterocycles. The van der Waals surface area contributed by atoms with Crippen LogP contribution in [0.2, 0.25) is 0 Å². The molecular weight excluding hydrogens is 318 g/mol. The second-order valence-corrected chi connectivity index (χ2v) is 7.01. The van der Waals surface area contributed by atoms with Crippen molar-refractivity contribution in [1.29, 1.82) is 0 Å². The fourth-order valence-corrected chi connectivity index (χ4v) is 2.79. The number of benzene rings is 1. The zero-order valence-corrected chi connectivity index (χ0v) is 15.3. The Morgan fingerprint density at radius 3 is 2.48 bits per heavy atom. The highest BCUT2D eigenvalue weighted by Crippen LogP contribution is 2.21. The van der Waals surface area contributed by atoms with Crippen molar-refractivity contribution in [1.82, 2.24) is 5.32 Å². The lowest BCUT2D eigenvalue weighted by Gasteiger charge is -2.28. The smallest absolute Gasteiger partial charge is 0.319 e. The number of ether oxygens (including phenoxy) is 1. The fraction of sp³-hybridized carbons (Fsp3) is 0.632. The highest BCUT2D eigenvalue weighted by atomic mass is 16.5. The Balaban J connectivity index is 1.69. The van der Waals surface area contributed by atoms with Gasteiger partial charge in [-0.3, -0.25) is 0 Å². The van der Waals surface area contributed by atoms with Crippen LogP contribution in [-0.2, 0) is 4.74 Å². The quantitative estimate of drug-likeness (QED) is 0.675. The van der Waals surface area contributed by atoms with E-state index in [9.17, 15) is 9.90 Å². The van der Waals surface area contributed by atoms with Gasteiger partial charge in [-0.2, -0.15) is 0 Å². The van der Waals surface area contributed by atoms with Crippen molar-refractivity contribution in [2.24, 2.45) is 5.92 Å². The molecule has 1 unspecified atom stereocenters. The van der Waals surface area contributed by atoms with Crippen molar-refractivity contribution < 1.29 is 14.6 Å². The Hall–Kier alpha value is -1.79. The van der Waals surface area contributed by atoms with Crippen LogP contribution in [0.25, 0.3) is 0 Å². The third kappa shape index (κ3) is 7.32. The van der Waals surface area contributed by atoms with Crippen molar-refractivity contribution >= 4 is 17.4 Å². The molecule has 25 heavy (non-hydrogen) atoms. The summed E-state index contributed by atoms with van der Waals surface area (Å²) in [5, 5.41) is 15.2. The van der Waals surface area contributed by atoms with E-state index in [0.717, 1.165) is 18.8 Å². The standard InChI is InChI=1S/C19H31N3O3/c1-15(2)13-25-14-18(23)12-20-19(24)21-16-6-8-17(9-7-16)22-10-4-3-5-11-22/h6-9,15,18,23H,3-5,10-14H2,1-2H3,(H2,20,21,24). The molecule has 1 fully saturated rings. The van der Waals surface area contributed by atoms with E-state index in [2.05, 4.69) is 29.4 Å². The van der Waals surface area contributed by atoms with Crippen molar-refractivity contribution in [3.63, 3.8) is 0 Å². The summed E-state index contributed by atoms with van der Waals surface area (Å²) in [6, 6.07) is 7.57. The summed E-state index contributed by atoms with van der Waals surface area (Å²) in [7, 11) is 0. The van der Waals surface area contributed by atoms with E-state index in [4.69, 9.17) is 4.74 Å². The summed E-state index contributed by atoms with van der Waals surface area (Å²) in [4.78, 5) is 14.3. The van der Waals surface area contributed by atoms with E-state index in [1.807, 2.05) is 24.3 Å². The van der Waals surface area contributed by atoms with Gasteiger partial charge in [0, 0.05) is 37.6 Å². The molecule has 1 heterocycles. The minimum Gasteiger partial charge on any atom is -0.389 e. The Bertz CT molecular complexity index is 513. The summed E-state index contributed by atoms with van der Waals surface area (Å²) in [5.74, 6) is 0.427. The molecule has 140 valence electrons. The molecule has 0 aromatic heterocycles. The minimum atomic E-state index is -0.703. The lowest BCUT2D eigenvalue weighted by Crippen LogP contribution is -2.37. The van der Waals surface area contributed by atoms with E-state index in [1.54, 1.807) is 0 Å². The van der Waals surface area contributed by atoms with Crippen LogP contribution in [-0.4, -0.2) is 50.1 Å². The number of aliphatic hydroxyl groups is 1. The van der Waals surface area contributed by atoms with E-state index in [0.29, 0.717) is 12.5 Å². The number of nitrogens with one attached hydrogen (secondary N) is 2. The second kappa shape index (κ2) is 10.3. The molecule has 2 amide bonds. The minimum absolute atomic E-state index is 0.162. The molecule has 2 rings (SSSR count). The number of carbonyl (C=O) groups excluding carboxylic acids is 1. The van der Waals surface area contributed by atoms with Gasteiger partial charge in [0.15, 0.2) is 0 Å². The average Bonchev–Trinajstić information content (AvgIpc) is 2.61. The summed E-state index contributed by atoms with van der Waals surface area (Å²) in [5.41, 5.74) is 1.94. The highest BCUT2D eigenvalue weighted by molar-refractivity contribution is 5.89. The summed E-state index contributed by atoms with van der Waals surface area (Å²) in [6.07, 6.45) is 3.09. The molecule has 1 saturated heterocycles. The van der Waals surface area contributed by atoms with Crippen LogP contribution in [0.4, 0.5) is 16.2 Å². The predicted molar refractivity (Wildman–Crippen MR) is 101 cm³/mol. The number of amides is 2. The average molecular weight is 349 g/mol. The number of hydrogen-bond acceptors (Lipinski definition) is 4. The topological polar surface area (TPSA) is 73.8 Å². The van der Waals surface area contributed by atoms with Gasteiger partial charge in [0.1, 0.15) is 0 Å². The van der Waals surface area contributed by atoms with Gasteiger partial charge in [0.05, 0.1) is 12.7 Å². The predicted octanol–water partition coefficient (Wildman–Crippen LogP) is 2.83. The Morgan fingerprint density at radius 1 is 1.16 bits per heavy atom. The van der Waals surface area contributed by atoms with E-state index in [-0.39, 0.29) is 19.2 Å². The van der Waals surface area contributed by atoms with Crippen molar-refractivity contribution in [3.8, 4) is 0 Å². The zero-order valence-electron chi connectivity index (χ0n) is 15.3. The Kier molecular flexibility index (Phi) is 8.01. The van der Waals surface area contributed by atoms with Crippen LogP contribution in [0.1, 0.15) is 33.1 Å². The molecule has 0 aliphatic carbocycles. The Labute approximate surface area is 150 Å². The molecule has 6 nitrogen and oxygen atoms in total. The molecule has 3 N–H and O–H groups in total. The molecule has 1 aliphatic rings. The SMILES string of the molecule is CC(C)COCC(O)CNC(=O)Nc1ccc(N2CCCCC2)cc1. The molecule has 6 heteroatoms. The number of urea groups is 1. The maximum Gasteiger partial charge on any atom is 0.319 e. The number of rotatable bonds is 8. The molecular formula is C19H31N3O3. The van der Waals surface area contributed by atoms with Crippen LogP contribution in [0.15, 0.2) is 24.3 Å². The van der Waals surface area contributed by atoms with Gasteiger partial charge >= 0.3 is 6.03 Å². The van der Waals surface area contributed by atoms with Crippen LogP contribution >= 0.6 is 0 Å². The van der Waals surface area contributed by atoms with E-state index in [1.165, 1.54) is 24.9 Å². The molecule has 0 bridgehead atoms. The first-order chi connectivity index (χ1) is 12.0. The third-order valence-electron chi connectivity index (χ3n) is 4.11. The van der Waals surface area contributed by atoms with Crippen LogP contribution in [0.5, 0.6) is 0 Å².